The highest BCUT2D eigenvalue weighted by Gasteiger charge is 2.26. The number of hydrogen-bond acceptors (Lipinski definition) is 5. The molecule has 2 atom stereocenters. The Kier molecular flexibility index (Phi) is 5.13. The number of nitrogens with two attached hydrogens (primary N) is 1. The minimum atomic E-state index is -0.165. The van der Waals surface area contributed by atoms with E-state index >= 15 is 0 Å². The zero-order chi connectivity index (χ0) is 13.7. The number of nitrogens with zero attached hydrogens (tertiary/aromatic N) is 2. The van der Waals surface area contributed by atoms with Crippen molar-refractivity contribution in [1.29, 1.82) is 0 Å². The maximum Gasteiger partial charge on any atom is 0.137 e. The van der Waals surface area contributed by atoms with E-state index in [-0.39, 0.29) is 12.1 Å². The van der Waals surface area contributed by atoms with Gasteiger partial charge >= 0.3 is 0 Å². The molecule has 1 aliphatic rings. The van der Waals surface area contributed by atoms with E-state index in [1.54, 1.807) is 19.5 Å². The van der Waals surface area contributed by atoms with E-state index in [9.17, 15) is 0 Å². The van der Waals surface area contributed by atoms with Gasteiger partial charge in [0.05, 0.1) is 32.1 Å². The van der Waals surface area contributed by atoms with Crippen molar-refractivity contribution in [3.8, 4) is 5.75 Å². The highest BCUT2D eigenvalue weighted by molar-refractivity contribution is 5.26. The summed E-state index contributed by atoms with van der Waals surface area (Å²) in [6, 6.07) is 1.77. The van der Waals surface area contributed by atoms with Gasteiger partial charge in [0.2, 0.25) is 0 Å². The van der Waals surface area contributed by atoms with Crippen molar-refractivity contribution in [1.82, 2.24) is 9.88 Å². The predicted molar refractivity (Wildman–Crippen MR) is 74.2 cm³/mol. The van der Waals surface area contributed by atoms with Gasteiger partial charge in [-0.2, -0.15) is 0 Å². The molecule has 2 rings (SSSR count). The van der Waals surface area contributed by atoms with Gasteiger partial charge in [0.1, 0.15) is 5.75 Å². The minimum Gasteiger partial charge on any atom is -0.495 e. The van der Waals surface area contributed by atoms with Crippen LogP contribution in [0.25, 0.3) is 0 Å². The summed E-state index contributed by atoms with van der Waals surface area (Å²) < 4.78 is 11.0. The normalized spacial score (nSPS) is 22.2. The zero-order valence-corrected chi connectivity index (χ0v) is 11.7. The monoisotopic (exact) mass is 265 g/mol. The van der Waals surface area contributed by atoms with Gasteiger partial charge in [0, 0.05) is 19.3 Å². The van der Waals surface area contributed by atoms with Gasteiger partial charge in [-0.25, -0.2) is 0 Å². The number of aromatic nitrogens is 1. The molecule has 1 fully saturated rings. The Hall–Kier alpha value is -1.17. The molecule has 2 heterocycles. The quantitative estimate of drug-likeness (QED) is 0.867. The Morgan fingerprint density at radius 2 is 2.42 bits per heavy atom. The largest absolute Gasteiger partial charge is 0.495 e. The fourth-order valence-electron chi connectivity index (χ4n) is 2.41. The van der Waals surface area contributed by atoms with Gasteiger partial charge in [0.15, 0.2) is 0 Å². The Bertz CT molecular complexity index is 398. The van der Waals surface area contributed by atoms with Crippen molar-refractivity contribution in [2.24, 2.45) is 5.73 Å². The molecule has 1 aromatic rings. The van der Waals surface area contributed by atoms with Gasteiger partial charge in [-0.1, -0.05) is 6.92 Å². The Balaban J connectivity index is 2.03. The predicted octanol–water partition coefficient (Wildman–Crippen LogP) is 1.20. The van der Waals surface area contributed by atoms with Crippen molar-refractivity contribution in [2.75, 3.05) is 33.4 Å². The van der Waals surface area contributed by atoms with E-state index in [1.807, 2.05) is 6.07 Å². The summed E-state index contributed by atoms with van der Waals surface area (Å²) in [5.41, 5.74) is 7.27. The fraction of sp³-hybridized carbons (Fsp3) is 0.643. The standard InChI is InChI=1S/C14H23N3O2/c1-3-4-17-5-6-19-13(10-17)14(15)11-7-12(18-2)9-16-8-11/h7-9,13-14H,3-6,10,15H2,1-2H3. The van der Waals surface area contributed by atoms with E-state index in [0.717, 1.165) is 44.0 Å². The van der Waals surface area contributed by atoms with E-state index < -0.39 is 0 Å². The van der Waals surface area contributed by atoms with Gasteiger partial charge < -0.3 is 15.2 Å². The van der Waals surface area contributed by atoms with Crippen LogP contribution in [0.2, 0.25) is 0 Å². The lowest BCUT2D eigenvalue weighted by Crippen LogP contribution is -2.47. The zero-order valence-electron chi connectivity index (χ0n) is 11.7. The molecular weight excluding hydrogens is 242 g/mol. The molecule has 0 saturated carbocycles. The van der Waals surface area contributed by atoms with Gasteiger partial charge in [-0.05, 0) is 24.6 Å². The first-order chi connectivity index (χ1) is 9.24. The highest BCUT2D eigenvalue weighted by Crippen LogP contribution is 2.22. The van der Waals surface area contributed by atoms with E-state index in [0.29, 0.717) is 0 Å². The third kappa shape index (κ3) is 3.65. The summed E-state index contributed by atoms with van der Waals surface area (Å²) in [5, 5.41) is 0. The molecule has 0 spiro atoms. The average Bonchev–Trinajstić information content (AvgIpc) is 2.47. The number of morpholine rings is 1. The summed E-state index contributed by atoms with van der Waals surface area (Å²) in [5.74, 6) is 0.731. The highest BCUT2D eigenvalue weighted by atomic mass is 16.5. The van der Waals surface area contributed by atoms with Crippen molar-refractivity contribution in [2.45, 2.75) is 25.5 Å². The van der Waals surface area contributed by atoms with Crippen LogP contribution in [-0.4, -0.2) is 49.3 Å². The maximum absolute atomic E-state index is 6.30. The third-order valence-electron chi connectivity index (χ3n) is 3.47. The molecule has 19 heavy (non-hydrogen) atoms. The molecular formula is C14H23N3O2. The summed E-state index contributed by atoms with van der Waals surface area (Å²) in [4.78, 5) is 6.56. The molecule has 5 nitrogen and oxygen atoms in total. The van der Waals surface area contributed by atoms with Crippen LogP contribution >= 0.6 is 0 Å². The first kappa shape index (κ1) is 14.2. The molecule has 1 saturated heterocycles. The smallest absolute Gasteiger partial charge is 0.137 e. The van der Waals surface area contributed by atoms with Crippen LogP contribution in [0.5, 0.6) is 5.75 Å². The van der Waals surface area contributed by atoms with Gasteiger partial charge in [-0.15, -0.1) is 0 Å². The van der Waals surface area contributed by atoms with Crippen LogP contribution in [0, 0.1) is 0 Å². The lowest BCUT2D eigenvalue weighted by Gasteiger charge is -2.35. The molecule has 1 aromatic heterocycles. The molecule has 0 amide bonds. The summed E-state index contributed by atoms with van der Waals surface area (Å²) in [6.07, 6.45) is 4.65. The van der Waals surface area contributed by atoms with Crippen molar-refractivity contribution < 1.29 is 9.47 Å². The fourth-order valence-corrected chi connectivity index (χ4v) is 2.41. The van der Waals surface area contributed by atoms with Crippen LogP contribution in [0.1, 0.15) is 24.9 Å². The van der Waals surface area contributed by atoms with Crippen LogP contribution < -0.4 is 10.5 Å². The SMILES string of the molecule is CCCN1CCOC(C(N)c2cncc(OC)c2)C1. The first-order valence-corrected chi connectivity index (χ1v) is 6.83. The Morgan fingerprint density at radius 1 is 1.58 bits per heavy atom. The second-order valence-electron chi connectivity index (χ2n) is 4.89. The van der Waals surface area contributed by atoms with Gasteiger partial charge in [0.25, 0.3) is 0 Å². The molecule has 106 valence electrons. The lowest BCUT2D eigenvalue weighted by molar-refractivity contribution is -0.0408. The maximum atomic E-state index is 6.30. The number of methoxy groups -OCH3 is 1. The number of rotatable bonds is 5. The number of ether oxygens (including phenoxy) is 2. The van der Waals surface area contributed by atoms with Crippen molar-refractivity contribution in [3.63, 3.8) is 0 Å². The van der Waals surface area contributed by atoms with E-state index in [1.165, 1.54) is 0 Å². The minimum absolute atomic E-state index is 0.0224. The molecule has 2 unspecified atom stereocenters. The number of pyridine rings is 1. The molecule has 0 radical (unpaired) electrons. The lowest BCUT2D eigenvalue weighted by atomic mass is 10.0. The topological polar surface area (TPSA) is 60.6 Å². The van der Waals surface area contributed by atoms with Gasteiger partial charge in [-0.3, -0.25) is 9.88 Å². The average molecular weight is 265 g/mol. The summed E-state index contributed by atoms with van der Waals surface area (Å²) >= 11 is 0. The van der Waals surface area contributed by atoms with E-state index in [2.05, 4.69) is 16.8 Å². The second kappa shape index (κ2) is 6.84. The van der Waals surface area contributed by atoms with Crippen molar-refractivity contribution >= 4 is 0 Å². The second-order valence-corrected chi connectivity index (χ2v) is 4.89. The summed E-state index contributed by atoms with van der Waals surface area (Å²) in [7, 11) is 1.63. The Morgan fingerprint density at radius 3 is 3.16 bits per heavy atom. The summed E-state index contributed by atoms with van der Waals surface area (Å²) in [6.45, 7) is 5.91. The molecule has 2 N–H and O–H groups in total. The Labute approximate surface area is 114 Å². The number of hydrogen-bond donors (Lipinski definition) is 1. The van der Waals surface area contributed by atoms with Crippen molar-refractivity contribution in [3.05, 3.63) is 24.0 Å². The van der Waals surface area contributed by atoms with Crippen LogP contribution in [0.4, 0.5) is 0 Å². The molecule has 0 aliphatic carbocycles. The van der Waals surface area contributed by atoms with Crippen LogP contribution in [0.15, 0.2) is 18.5 Å². The first-order valence-electron chi connectivity index (χ1n) is 6.83. The molecule has 1 aliphatic heterocycles. The molecule has 0 aromatic carbocycles. The van der Waals surface area contributed by atoms with E-state index in [4.69, 9.17) is 15.2 Å². The van der Waals surface area contributed by atoms with Crippen LogP contribution in [0.3, 0.4) is 0 Å². The molecule has 0 bridgehead atoms. The van der Waals surface area contributed by atoms with Crippen LogP contribution in [-0.2, 0) is 4.74 Å². The molecule has 5 heteroatoms. The third-order valence-corrected chi connectivity index (χ3v) is 3.47.